The van der Waals surface area contributed by atoms with E-state index >= 15 is 0 Å². The number of halogens is 2. The lowest BCUT2D eigenvalue weighted by atomic mass is 10.0. The van der Waals surface area contributed by atoms with Crippen LogP contribution in [-0.2, 0) is 16.1 Å². The van der Waals surface area contributed by atoms with Crippen LogP contribution in [0.3, 0.4) is 0 Å². The van der Waals surface area contributed by atoms with Crippen molar-refractivity contribution in [3.63, 3.8) is 0 Å². The van der Waals surface area contributed by atoms with Crippen molar-refractivity contribution in [2.24, 2.45) is 0 Å². The zero-order valence-corrected chi connectivity index (χ0v) is 16.8. The Kier molecular flexibility index (Phi) is 4.80. The smallest absolute Gasteiger partial charge is 0.320 e. The molecule has 5 rings (SSSR count). The summed E-state index contributed by atoms with van der Waals surface area (Å²) in [6.07, 6.45) is 1.75. The Balaban J connectivity index is 1.47. The molecule has 1 unspecified atom stereocenters. The van der Waals surface area contributed by atoms with Crippen molar-refractivity contribution in [3.05, 3.63) is 65.9 Å². The van der Waals surface area contributed by atoms with Crippen LogP contribution in [0.2, 0.25) is 0 Å². The van der Waals surface area contributed by atoms with E-state index in [1.807, 2.05) is 0 Å². The molecule has 7 nitrogen and oxygen atoms in total. The van der Waals surface area contributed by atoms with Crippen molar-refractivity contribution in [2.45, 2.75) is 32.0 Å². The van der Waals surface area contributed by atoms with Crippen molar-refractivity contribution in [1.29, 1.82) is 0 Å². The molecular formula is C23H18F2N4O3. The molecule has 0 radical (unpaired) electrons. The first-order valence-electron chi connectivity index (χ1n) is 10.1. The molecule has 0 bridgehead atoms. The van der Waals surface area contributed by atoms with Gasteiger partial charge in [-0.05, 0) is 24.1 Å². The van der Waals surface area contributed by atoms with Crippen LogP contribution in [0.25, 0.3) is 22.6 Å². The van der Waals surface area contributed by atoms with Crippen LogP contribution in [0.15, 0.2) is 54.7 Å². The van der Waals surface area contributed by atoms with E-state index in [0.29, 0.717) is 27.9 Å². The van der Waals surface area contributed by atoms with E-state index < -0.39 is 18.5 Å². The number of piperidine rings is 1. The largest absolute Gasteiger partial charge is 0.322 e. The minimum absolute atomic E-state index is 0.150. The number of nitrogens with zero attached hydrogens (tertiary/aromatic N) is 3. The van der Waals surface area contributed by atoms with Crippen molar-refractivity contribution < 1.29 is 23.2 Å². The zero-order valence-electron chi connectivity index (χ0n) is 16.8. The fraction of sp³-hybridized carbons (Fsp3) is 0.217. The van der Waals surface area contributed by atoms with Crippen LogP contribution in [0.4, 0.5) is 8.78 Å². The third-order valence-corrected chi connectivity index (χ3v) is 5.79. The van der Waals surface area contributed by atoms with Gasteiger partial charge in [0, 0.05) is 35.9 Å². The molecule has 1 fully saturated rings. The molecule has 3 aromatic rings. The van der Waals surface area contributed by atoms with E-state index in [-0.39, 0.29) is 37.0 Å². The number of amides is 3. The molecule has 2 aliphatic heterocycles. The monoisotopic (exact) mass is 436 g/mol. The molecule has 1 atom stereocenters. The predicted octanol–water partition coefficient (Wildman–Crippen LogP) is 3.37. The Morgan fingerprint density at radius 3 is 2.53 bits per heavy atom. The topological polar surface area (TPSA) is 84.3 Å². The Morgan fingerprint density at radius 1 is 1.03 bits per heavy atom. The van der Waals surface area contributed by atoms with E-state index in [9.17, 15) is 23.2 Å². The lowest BCUT2D eigenvalue weighted by molar-refractivity contribution is -0.136. The number of aromatic nitrogens is 2. The number of imide groups is 1. The Bertz CT molecular complexity index is 1240. The molecule has 9 heteroatoms. The number of hydrogen-bond donors (Lipinski definition) is 1. The second-order valence-corrected chi connectivity index (χ2v) is 7.77. The Hall–Kier alpha value is -3.88. The Labute approximate surface area is 181 Å². The maximum absolute atomic E-state index is 13.6. The van der Waals surface area contributed by atoms with Crippen LogP contribution in [-0.4, -0.2) is 38.2 Å². The number of nitrogens with one attached hydrogen (secondary N) is 1. The molecule has 0 spiro atoms. The van der Waals surface area contributed by atoms with Gasteiger partial charge in [0.2, 0.25) is 11.8 Å². The van der Waals surface area contributed by atoms with Crippen LogP contribution in [0.1, 0.15) is 35.3 Å². The maximum atomic E-state index is 13.6. The SMILES string of the molecule is O=C1CCC(N2Cc3cc(-c4cn(C(F)F)c(-c5ccccc5)n4)ccc3C2=O)C(=O)N1. The summed E-state index contributed by atoms with van der Waals surface area (Å²) >= 11 is 0. The van der Waals surface area contributed by atoms with Crippen LogP contribution < -0.4 is 5.32 Å². The van der Waals surface area contributed by atoms with Gasteiger partial charge in [-0.25, -0.2) is 4.98 Å². The summed E-state index contributed by atoms with van der Waals surface area (Å²) in [6.45, 7) is -2.56. The predicted molar refractivity (Wildman–Crippen MR) is 110 cm³/mol. The molecular weight excluding hydrogens is 418 g/mol. The maximum Gasteiger partial charge on any atom is 0.320 e. The van der Waals surface area contributed by atoms with Gasteiger partial charge in [0.15, 0.2) is 0 Å². The van der Waals surface area contributed by atoms with Gasteiger partial charge in [-0.3, -0.25) is 24.3 Å². The summed E-state index contributed by atoms with van der Waals surface area (Å²) in [5.41, 5.74) is 2.66. The van der Waals surface area contributed by atoms with Crippen molar-refractivity contribution in [1.82, 2.24) is 19.8 Å². The molecule has 1 N–H and O–H groups in total. The molecule has 162 valence electrons. The van der Waals surface area contributed by atoms with E-state index in [2.05, 4.69) is 10.3 Å². The minimum atomic E-state index is -2.76. The van der Waals surface area contributed by atoms with Crippen LogP contribution in [0.5, 0.6) is 0 Å². The highest BCUT2D eigenvalue weighted by atomic mass is 19.3. The van der Waals surface area contributed by atoms with Gasteiger partial charge in [-0.15, -0.1) is 0 Å². The molecule has 3 heterocycles. The number of benzene rings is 2. The number of carbonyl (C=O) groups is 3. The van der Waals surface area contributed by atoms with Gasteiger partial charge in [0.25, 0.3) is 5.91 Å². The lowest BCUT2D eigenvalue weighted by Crippen LogP contribution is -2.52. The van der Waals surface area contributed by atoms with Crippen molar-refractivity contribution >= 4 is 17.7 Å². The van der Waals surface area contributed by atoms with E-state index in [4.69, 9.17) is 0 Å². The summed E-state index contributed by atoms with van der Waals surface area (Å²) in [4.78, 5) is 42.3. The highest BCUT2D eigenvalue weighted by Gasteiger charge is 2.39. The van der Waals surface area contributed by atoms with Gasteiger partial charge >= 0.3 is 6.55 Å². The first kappa shape index (κ1) is 20.0. The summed E-state index contributed by atoms with van der Waals surface area (Å²) in [7, 11) is 0. The number of fused-ring (bicyclic) bond motifs is 1. The lowest BCUT2D eigenvalue weighted by Gasteiger charge is -2.29. The van der Waals surface area contributed by atoms with Crippen molar-refractivity contribution in [2.75, 3.05) is 0 Å². The summed E-state index contributed by atoms with van der Waals surface area (Å²) in [5.74, 6) is -0.964. The number of imidazole rings is 1. The standard InChI is InChI=1S/C23H18F2N4O3/c24-23(25)29-12-17(26-20(29)13-4-2-1-3-5-13)14-6-7-16-15(10-14)11-28(22(16)32)18-8-9-19(30)27-21(18)31/h1-7,10,12,18,23H,8-9,11H2,(H,27,30,31). The van der Waals surface area contributed by atoms with Crippen LogP contribution in [0, 0.1) is 0 Å². The third-order valence-electron chi connectivity index (χ3n) is 5.79. The molecule has 32 heavy (non-hydrogen) atoms. The molecule has 3 amide bonds. The van der Waals surface area contributed by atoms with Crippen LogP contribution >= 0.6 is 0 Å². The quantitative estimate of drug-likeness (QED) is 0.636. The highest BCUT2D eigenvalue weighted by Crippen LogP contribution is 2.33. The average Bonchev–Trinajstić information content (AvgIpc) is 3.37. The van der Waals surface area contributed by atoms with E-state index in [0.717, 1.165) is 4.57 Å². The first-order chi connectivity index (χ1) is 15.4. The summed E-state index contributed by atoms with van der Waals surface area (Å²) < 4.78 is 28.1. The molecule has 1 aromatic heterocycles. The molecule has 0 aliphatic carbocycles. The second kappa shape index (κ2) is 7.67. The second-order valence-electron chi connectivity index (χ2n) is 7.77. The third kappa shape index (κ3) is 3.35. The fourth-order valence-corrected chi connectivity index (χ4v) is 4.22. The first-order valence-corrected chi connectivity index (χ1v) is 10.1. The van der Waals surface area contributed by atoms with E-state index in [1.54, 1.807) is 48.5 Å². The minimum Gasteiger partial charge on any atom is -0.322 e. The highest BCUT2D eigenvalue weighted by molar-refractivity contribution is 6.05. The molecule has 2 aromatic carbocycles. The van der Waals surface area contributed by atoms with Gasteiger partial charge < -0.3 is 4.90 Å². The number of alkyl halides is 2. The normalized spacial score (nSPS) is 18.3. The number of rotatable bonds is 4. The summed E-state index contributed by atoms with van der Waals surface area (Å²) in [5, 5.41) is 2.27. The molecule has 1 saturated heterocycles. The molecule has 2 aliphatic rings. The van der Waals surface area contributed by atoms with Gasteiger partial charge in [-0.2, -0.15) is 8.78 Å². The number of carbonyl (C=O) groups excluding carboxylic acids is 3. The molecule has 0 saturated carbocycles. The number of hydrogen-bond acceptors (Lipinski definition) is 4. The van der Waals surface area contributed by atoms with Crippen molar-refractivity contribution in [3.8, 4) is 22.6 Å². The zero-order chi connectivity index (χ0) is 22.4. The van der Waals surface area contributed by atoms with Gasteiger partial charge in [-0.1, -0.05) is 36.4 Å². The van der Waals surface area contributed by atoms with Gasteiger partial charge in [0.05, 0.1) is 5.69 Å². The summed E-state index contributed by atoms with van der Waals surface area (Å²) in [6, 6.07) is 13.1. The Morgan fingerprint density at radius 2 is 1.81 bits per heavy atom. The van der Waals surface area contributed by atoms with Gasteiger partial charge in [0.1, 0.15) is 11.9 Å². The van der Waals surface area contributed by atoms with E-state index in [1.165, 1.54) is 11.1 Å². The average molecular weight is 436 g/mol. The fourth-order valence-electron chi connectivity index (χ4n) is 4.22.